The van der Waals surface area contributed by atoms with Gasteiger partial charge in [-0.15, -0.1) is 0 Å². The summed E-state index contributed by atoms with van der Waals surface area (Å²) >= 11 is 0. The van der Waals surface area contributed by atoms with E-state index in [0.717, 1.165) is 18.4 Å². The lowest BCUT2D eigenvalue weighted by Gasteiger charge is -2.23. The molecular formula is C16H19NO4. The number of carbonyl (C=O) groups excluding carboxylic acids is 2. The van der Waals surface area contributed by atoms with Gasteiger partial charge in [-0.05, 0) is 36.6 Å². The zero-order valence-corrected chi connectivity index (χ0v) is 12.3. The van der Waals surface area contributed by atoms with Crippen molar-refractivity contribution in [3.05, 3.63) is 29.8 Å². The lowest BCUT2D eigenvalue weighted by atomic mass is 10.1. The molecule has 1 aliphatic rings. The van der Waals surface area contributed by atoms with Gasteiger partial charge in [0.2, 0.25) is 5.91 Å². The molecule has 1 saturated heterocycles. The summed E-state index contributed by atoms with van der Waals surface area (Å²) in [5.74, 6) is 0.867. The maximum Gasteiger partial charge on any atom is 0.253 e. The van der Waals surface area contributed by atoms with E-state index < -0.39 is 0 Å². The summed E-state index contributed by atoms with van der Waals surface area (Å²) in [6.07, 6.45) is 5.29. The predicted molar refractivity (Wildman–Crippen MR) is 79.2 cm³/mol. The highest BCUT2D eigenvalue weighted by atomic mass is 16.5. The molecule has 0 bridgehead atoms. The van der Waals surface area contributed by atoms with Gasteiger partial charge in [-0.3, -0.25) is 14.5 Å². The summed E-state index contributed by atoms with van der Waals surface area (Å²) in [5, 5.41) is 0. The maximum absolute atomic E-state index is 12.0. The van der Waals surface area contributed by atoms with Crippen molar-refractivity contribution in [2.24, 2.45) is 0 Å². The molecule has 1 aromatic rings. The van der Waals surface area contributed by atoms with Crippen molar-refractivity contribution in [2.45, 2.75) is 19.3 Å². The van der Waals surface area contributed by atoms with Gasteiger partial charge >= 0.3 is 0 Å². The Morgan fingerprint density at radius 1 is 1.19 bits per heavy atom. The number of amides is 2. The molecule has 1 heterocycles. The molecule has 21 heavy (non-hydrogen) atoms. The number of carbonyl (C=O) groups is 2. The zero-order valence-electron chi connectivity index (χ0n) is 12.3. The second-order valence-electron chi connectivity index (χ2n) is 4.79. The number of ether oxygens (including phenoxy) is 2. The molecule has 5 heteroatoms. The Hall–Kier alpha value is -2.30. The first-order valence-electron chi connectivity index (χ1n) is 6.90. The third-order valence-electron chi connectivity index (χ3n) is 3.42. The van der Waals surface area contributed by atoms with E-state index in [0.29, 0.717) is 24.5 Å². The zero-order chi connectivity index (χ0) is 15.2. The molecule has 1 fully saturated rings. The van der Waals surface area contributed by atoms with E-state index in [4.69, 9.17) is 9.47 Å². The number of benzene rings is 1. The number of methoxy groups -OCH3 is 2. The Bertz CT molecular complexity index is 565. The van der Waals surface area contributed by atoms with Crippen LogP contribution in [-0.2, 0) is 9.59 Å². The molecule has 1 aromatic carbocycles. The third-order valence-corrected chi connectivity index (χ3v) is 3.42. The fraction of sp³-hybridized carbons (Fsp3) is 0.375. The van der Waals surface area contributed by atoms with Gasteiger partial charge in [-0.2, -0.15) is 0 Å². The van der Waals surface area contributed by atoms with Crippen molar-refractivity contribution in [3.63, 3.8) is 0 Å². The van der Waals surface area contributed by atoms with Gasteiger partial charge in [-0.25, -0.2) is 0 Å². The summed E-state index contributed by atoms with van der Waals surface area (Å²) in [6, 6.07) is 5.37. The normalized spacial score (nSPS) is 15.3. The summed E-state index contributed by atoms with van der Waals surface area (Å²) in [6.45, 7) is 0.508. The Morgan fingerprint density at radius 2 is 1.95 bits per heavy atom. The van der Waals surface area contributed by atoms with Crippen LogP contribution in [0.4, 0.5) is 0 Å². The molecule has 0 aromatic heterocycles. The molecule has 0 saturated carbocycles. The van der Waals surface area contributed by atoms with E-state index in [2.05, 4.69) is 0 Å². The molecule has 5 nitrogen and oxygen atoms in total. The van der Waals surface area contributed by atoms with Gasteiger partial charge < -0.3 is 9.47 Å². The van der Waals surface area contributed by atoms with E-state index in [1.807, 2.05) is 6.07 Å². The molecule has 2 rings (SSSR count). The lowest BCUT2D eigenvalue weighted by molar-refractivity contribution is -0.143. The van der Waals surface area contributed by atoms with E-state index in [9.17, 15) is 9.59 Å². The summed E-state index contributed by atoms with van der Waals surface area (Å²) < 4.78 is 10.4. The molecule has 2 amide bonds. The van der Waals surface area contributed by atoms with Gasteiger partial charge in [0, 0.05) is 19.0 Å². The number of likely N-dealkylation sites (tertiary alicyclic amines) is 1. The molecule has 0 atom stereocenters. The molecule has 0 aliphatic carbocycles. The van der Waals surface area contributed by atoms with Crippen molar-refractivity contribution in [1.82, 2.24) is 4.90 Å². The van der Waals surface area contributed by atoms with E-state index in [-0.39, 0.29) is 11.8 Å². The minimum Gasteiger partial charge on any atom is -0.493 e. The lowest BCUT2D eigenvalue weighted by Crippen LogP contribution is -2.39. The second-order valence-corrected chi connectivity index (χ2v) is 4.79. The van der Waals surface area contributed by atoms with Crippen LogP contribution in [-0.4, -0.2) is 37.5 Å². The van der Waals surface area contributed by atoms with Gasteiger partial charge in [0.15, 0.2) is 11.5 Å². The minimum atomic E-state index is -0.269. The van der Waals surface area contributed by atoms with Gasteiger partial charge in [0.05, 0.1) is 14.2 Å². The van der Waals surface area contributed by atoms with Crippen LogP contribution >= 0.6 is 0 Å². The third kappa shape index (κ3) is 3.62. The topological polar surface area (TPSA) is 55.8 Å². The van der Waals surface area contributed by atoms with Gasteiger partial charge in [-0.1, -0.05) is 6.07 Å². The van der Waals surface area contributed by atoms with Gasteiger partial charge in [0.25, 0.3) is 5.91 Å². The van der Waals surface area contributed by atoms with Crippen LogP contribution < -0.4 is 9.47 Å². The fourth-order valence-corrected chi connectivity index (χ4v) is 2.25. The quantitative estimate of drug-likeness (QED) is 0.798. The van der Waals surface area contributed by atoms with Crippen LogP contribution in [0, 0.1) is 0 Å². The van der Waals surface area contributed by atoms with Crippen LogP contribution in [0.15, 0.2) is 24.3 Å². The molecule has 112 valence electrons. The highest BCUT2D eigenvalue weighted by Crippen LogP contribution is 2.28. The molecular weight excluding hydrogens is 270 g/mol. The van der Waals surface area contributed by atoms with Gasteiger partial charge in [0.1, 0.15) is 0 Å². The average Bonchev–Trinajstić information content (AvgIpc) is 2.52. The number of hydrogen-bond donors (Lipinski definition) is 0. The fourth-order valence-electron chi connectivity index (χ4n) is 2.25. The van der Waals surface area contributed by atoms with Crippen LogP contribution in [0.25, 0.3) is 6.08 Å². The predicted octanol–water partition coefficient (Wildman–Crippen LogP) is 2.26. The first-order chi connectivity index (χ1) is 10.2. The van der Waals surface area contributed by atoms with Crippen molar-refractivity contribution in [3.8, 4) is 11.5 Å². The van der Waals surface area contributed by atoms with Crippen molar-refractivity contribution < 1.29 is 19.1 Å². The standard InChI is InChI=1S/C16H19NO4/c1-20-13-8-6-12(11-14(13)21-2)7-9-16(19)17-10-4-3-5-15(17)18/h6-9,11H,3-5,10H2,1-2H3. The first kappa shape index (κ1) is 15.1. The summed E-state index contributed by atoms with van der Waals surface area (Å²) in [7, 11) is 3.13. The number of imide groups is 1. The van der Waals surface area contributed by atoms with E-state index >= 15 is 0 Å². The molecule has 0 spiro atoms. The van der Waals surface area contributed by atoms with Crippen LogP contribution in [0.1, 0.15) is 24.8 Å². The second kappa shape index (κ2) is 6.92. The van der Waals surface area contributed by atoms with E-state index in [1.54, 1.807) is 32.4 Å². The van der Waals surface area contributed by atoms with Crippen molar-refractivity contribution in [1.29, 1.82) is 0 Å². The molecule has 1 aliphatic heterocycles. The minimum absolute atomic E-state index is 0.0942. The smallest absolute Gasteiger partial charge is 0.253 e. The Labute approximate surface area is 124 Å². The highest BCUT2D eigenvalue weighted by Gasteiger charge is 2.22. The molecule has 0 unspecified atom stereocenters. The maximum atomic E-state index is 12.0. The average molecular weight is 289 g/mol. The van der Waals surface area contributed by atoms with Crippen molar-refractivity contribution in [2.75, 3.05) is 20.8 Å². The van der Waals surface area contributed by atoms with Crippen LogP contribution in [0.2, 0.25) is 0 Å². The van der Waals surface area contributed by atoms with E-state index in [1.165, 1.54) is 11.0 Å². The number of nitrogens with zero attached hydrogens (tertiary/aromatic N) is 1. The Morgan fingerprint density at radius 3 is 2.62 bits per heavy atom. The monoisotopic (exact) mass is 289 g/mol. The Kier molecular flexibility index (Phi) is 4.98. The summed E-state index contributed by atoms with van der Waals surface area (Å²) in [4.78, 5) is 25.0. The number of piperidine rings is 1. The number of rotatable bonds is 4. The molecule has 0 N–H and O–H groups in total. The SMILES string of the molecule is COc1ccc(C=CC(=O)N2CCCCC2=O)cc1OC. The Balaban J connectivity index is 2.09. The first-order valence-corrected chi connectivity index (χ1v) is 6.90. The largest absolute Gasteiger partial charge is 0.493 e. The number of hydrogen-bond acceptors (Lipinski definition) is 4. The molecule has 0 radical (unpaired) electrons. The summed E-state index contributed by atoms with van der Waals surface area (Å²) in [5.41, 5.74) is 0.811. The highest BCUT2D eigenvalue weighted by molar-refractivity contribution is 6.03. The van der Waals surface area contributed by atoms with Crippen LogP contribution in [0.5, 0.6) is 11.5 Å². The van der Waals surface area contributed by atoms with Crippen LogP contribution in [0.3, 0.4) is 0 Å². The van der Waals surface area contributed by atoms with Crippen molar-refractivity contribution >= 4 is 17.9 Å².